The minimum Gasteiger partial charge on any atom is -0.383 e. The van der Waals surface area contributed by atoms with Crippen LogP contribution in [0.5, 0.6) is 0 Å². The molecule has 1 heterocycles. The molecule has 0 radical (unpaired) electrons. The van der Waals surface area contributed by atoms with E-state index in [2.05, 4.69) is 31.2 Å². The van der Waals surface area contributed by atoms with Crippen molar-refractivity contribution in [1.82, 2.24) is 9.97 Å². The molecule has 0 amide bonds. The Bertz CT molecular complexity index is 717. The summed E-state index contributed by atoms with van der Waals surface area (Å²) in [5, 5.41) is 2.87. The van der Waals surface area contributed by atoms with E-state index in [4.69, 9.17) is 5.73 Å². The molecule has 21 heavy (non-hydrogen) atoms. The summed E-state index contributed by atoms with van der Waals surface area (Å²) < 4.78 is 27.3. The van der Waals surface area contributed by atoms with Gasteiger partial charge in [-0.3, -0.25) is 0 Å². The topological polar surface area (TPSA) is 63.8 Å². The van der Waals surface area contributed by atoms with Crippen molar-refractivity contribution in [3.05, 3.63) is 39.6 Å². The van der Waals surface area contributed by atoms with Crippen LogP contribution in [-0.2, 0) is 0 Å². The summed E-state index contributed by atoms with van der Waals surface area (Å²) in [5.41, 5.74) is 6.65. The van der Waals surface area contributed by atoms with Crippen LogP contribution in [0.1, 0.15) is 30.1 Å². The van der Waals surface area contributed by atoms with E-state index in [-0.39, 0.29) is 10.2 Å². The first-order valence-electron chi connectivity index (χ1n) is 6.51. The molecule has 0 aliphatic heterocycles. The molecule has 0 spiro atoms. The van der Waals surface area contributed by atoms with Crippen molar-refractivity contribution in [2.45, 2.75) is 25.7 Å². The maximum atomic E-state index is 13.8. The van der Waals surface area contributed by atoms with Gasteiger partial charge in [0.2, 0.25) is 0 Å². The zero-order valence-electron chi connectivity index (χ0n) is 11.3. The molecule has 3 N–H and O–H groups in total. The molecule has 110 valence electrons. The molecule has 4 nitrogen and oxygen atoms in total. The fraction of sp³-hybridized carbons (Fsp3) is 0.286. The zero-order chi connectivity index (χ0) is 15.1. The summed E-state index contributed by atoms with van der Waals surface area (Å²) >= 11 is 3.04. The molecule has 3 rings (SSSR count). The molecule has 0 unspecified atom stereocenters. The van der Waals surface area contributed by atoms with E-state index in [9.17, 15) is 8.78 Å². The molecule has 0 saturated heterocycles. The number of nitrogens with zero attached hydrogens (tertiary/aromatic N) is 2. The van der Waals surface area contributed by atoms with E-state index in [0.29, 0.717) is 28.9 Å². The second kappa shape index (κ2) is 5.22. The van der Waals surface area contributed by atoms with Gasteiger partial charge in [-0.25, -0.2) is 18.7 Å². The number of nitrogens with one attached hydrogen (secondary N) is 1. The van der Waals surface area contributed by atoms with Gasteiger partial charge in [-0.05, 0) is 41.8 Å². The van der Waals surface area contributed by atoms with Gasteiger partial charge in [-0.15, -0.1) is 0 Å². The maximum absolute atomic E-state index is 13.8. The average Bonchev–Trinajstić information content (AvgIpc) is 3.25. The summed E-state index contributed by atoms with van der Waals surface area (Å²) in [4.78, 5) is 8.66. The minimum atomic E-state index is -0.694. The van der Waals surface area contributed by atoms with Crippen LogP contribution in [0.3, 0.4) is 0 Å². The second-order valence-corrected chi connectivity index (χ2v) is 5.94. The monoisotopic (exact) mass is 354 g/mol. The largest absolute Gasteiger partial charge is 0.383 e. The van der Waals surface area contributed by atoms with E-state index in [1.54, 1.807) is 6.92 Å². The first kappa shape index (κ1) is 14.2. The molecular formula is C14H13BrF2N4. The summed E-state index contributed by atoms with van der Waals surface area (Å²) in [6.07, 6.45) is 2.08. The maximum Gasteiger partial charge on any atom is 0.149 e. The molecular weight excluding hydrogens is 342 g/mol. The molecule has 2 aromatic rings. The van der Waals surface area contributed by atoms with Gasteiger partial charge < -0.3 is 11.1 Å². The van der Waals surface area contributed by atoms with Gasteiger partial charge in [-0.1, -0.05) is 0 Å². The Hall–Kier alpha value is -1.76. The molecule has 1 aromatic carbocycles. The summed E-state index contributed by atoms with van der Waals surface area (Å²) in [6, 6.07) is 2.15. The first-order chi connectivity index (χ1) is 9.95. The molecule has 1 fully saturated rings. The standard InChI is InChI=1S/C14H13BrF2N4/c1-6-12(18)20-14(7-2-3-7)21-13(6)19-11-4-8(15)9(16)5-10(11)17/h4-5,7H,2-3H2,1H3,(H3,18,19,20,21). The van der Waals surface area contributed by atoms with Gasteiger partial charge in [0.25, 0.3) is 0 Å². The van der Waals surface area contributed by atoms with Crippen LogP contribution < -0.4 is 11.1 Å². The Morgan fingerprint density at radius 1 is 1.24 bits per heavy atom. The average molecular weight is 355 g/mol. The Morgan fingerprint density at radius 2 is 1.95 bits per heavy atom. The number of halogens is 3. The van der Waals surface area contributed by atoms with Gasteiger partial charge in [0.1, 0.15) is 29.1 Å². The van der Waals surface area contributed by atoms with E-state index in [0.717, 1.165) is 18.9 Å². The lowest BCUT2D eigenvalue weighted by Gasteiger charge is -2.13. The number of hydrogen-bond acceptors (Lipinski definition) is 4. The predicted molar refractivity (Wildman–Crippen MR) is 80.5 cm³/mol. The van der Waals surface area contributed by atoms with Crippen LogP contribution in [0.4, 0.5) is 26.1 Å². The fourth-order valence-corrected chi connectivity index (χ4v) is 2.29. The predicted octanol–water partition coefficient (Wildman–Crippen LogP) is 4.03. The number of nitrogens with two attached hydrogens (primary N) is 1. The van der Waals surface area contributed by atoms with Crippen molar-refractivity contribution in [3.63, 3.8) is 0 Å². The first-order valence-corrected chi connectivity index (χ1v) is 7.30. The van der Waals surface area contributed by atoms with Crippen LogP contribution in [0.2, 0.25) is 0 Å². The highest BCUT2D eigenvalue weighted by Crippen LogP contribution is 2.39. The van der Waals surface area contributed by atoms with E-state index in [1.807, 2.05) is 0 Å². The minimum absolute atomic E-state index is 0.131. The van der Waals surface area contributed by atoms with Gasteiger partial charge >= 0.3 is 0 Å². The van der Waals surface area contributed by atoms with Crippen LogP contribution in [0, 0.1) is 18.6 Å². The lowest BCUT2D eigenvalue weighted by atomic mass is 10.2. The van der Waals surface area contributed by atoms with Gasteiger partial charge in [0.05, 0.1) is 10.2 Å². The van der Waals surface area contributed by atoms with Crippen molar-refractivity contribution in [2.75, 3.05) is 11.1 Å². The zero-order valence-corrected chi connectivity index (χ0v) is 12.8. The van der Waals surface area contributed by atoms with Crippen molar-refractivity contribution < 1.29 is 8.78 Å². The Morgan fingerprint density at radius 3 is 2.62 bits per heavy atom. The smallest absolute Gasteiger partial charge is 0.149 e. The molecule has 0 bridgehead atoms. The third kappa shape index (κ3) is 2.83. The fourth-order valence-electron chi connectivity index (χ4n) is 1.94. The van der Waals surface area contributed by atoms with Crippen molar-refractivity contribution in [1.29, 1.82) is 0 Å². The third-order valence-corrected chi connectivity index (χ3v) is 4.01. The number of anilines is 3. The Labute approximate surface area is 128 Å². The highest BCUT2D eigenvalue weighted by molar-refractivity contribution is 9.10. The molecule has 1 saturated carbocycles. The number of nitrogen functional groups attached to an aromatic ring is 1. The second-order valence-electron chi connectivity index (χ2n) is 5.09. The number of aromatic nitrogens is 2. The number of hydrogen-bond donors (Lipinski definition) is 2. The number of rotatable bonds is 3. The third-order valence-electron chi connectivity index (χ3n) is 3.41. The Kier molecular flexibility index (Phi) is 3.52. The van der Waals surface area contributed by atoms with Crippen LogP contribution >= 0.6 is 15.9 Å². The van der Waals surface area contributed by atoms with E-state index >= 15 is 0 Å². The van der Waals surface area contributed by atoms with Crippen LogP contribution in [0.15, 0.2) is 16.6 Å². The Balaban J connectivity index is 1.99. The van der Waals surface area contributed by atoms with Crippen LogP contribution in [-0.4, -0.2) is 9.97 Å². The van der Waals surface area contributed by atoms with Gasteiger partial charge in [0.15, 0.2) is 0 Å². The van der Waals surface area contributed by atoms with Gasteiger partial charge in [-0.2, -0.15) is 0 Å². The molecule has 1 aliphatic carbocycles. The molecule has 0 atom stereocenters. The lowest BCUT2D eigenvalue weighted by Crippen LogP contribution is -2.07. The summed E-state index contributed by atoms with van der Waals surface area (Å²) in [5.74, 6) is 0.467. The highest BCUT2D eigenvalue weighted by atomic mass is 79.9. The van der Waals surface area contributed by atoms with Crippen molar-refractivity contribution in [3.8, 4) is 0 Å². The molecule has 7 heteroatoms. The SMILES string of the molecule is Cc1c(N)nc(C2CC2)nc1Nc1cc(Br)c(F)cc1F. The highest BCUT2D eigenvalue weighted by Gasteiger charge is 2.28. The molecule has 1 aromatic heterocycles. The van der Waals surface area contributed by atoms with Crippen molar-refractivity contribution >= 4 is 33.3 Å². The van der Waals surface area contributed by atoms with Crippen molar-refractivity contribution in [2.24, 2.45) is 0 Å². The quantitative estimate of drug-likeness (QED) is 0.816. The normalized spacial score (nSPS) is 14.3. The summed E-state index contributed by atoms with van der Waals surface area (Å²) in [7, 11) is 0. The van der Waals surface area contributed by atoms with Crippen LogP contribution in [0.25, 0.3) is 0 Å². The van der Waals surface area contributed by atoms with E-state index in [1.165, 1.54) is 6.07 Å². The van der Waals surface area contributed by atoms with Gasteiger partial charge in [0, 0.05) is 17.5 Å². The summed E-state index contributed by atoms with van der Waals surface area (Å²) in [6.45, 7) is 1.75. The lowest BCUT2D eigenvalue weighted by molar-refractivity contribution is 0.581. The number of benzene rings is 1. The van der Waals surface area contributed by atoms with E-state index < -0.39 is 11.6 Å². The molecule has 1 aliphatic rings.